The number of nitrogens with zero attached hydrogens (tertiary/aromatic N) is 1. The molecule has 17 heavy (non-hydrogen) atoms. The van der Waals surface area contributed by atoms with Crippen LogP contribution < -0.4 is 4.90 Å². The minimum atomic E-state index is -3.32. The third-order valence-corrected chi connectivity index (χ3v) is 5.02. The van der Waals surface area contributed by atoms with Gasteiger partial charge in [0.25, 0.3) is 0 Å². The molecule has 0 unspecified atom stereocenters. The summed E-state index contributed by atoms with van der Waals surface area (Å²) in [6.07, 6.45) is 0. The molecule has 0 radical (unpaired) electrons. The topological polar surface area (TPSA) is 74.7 Å². The van der Waals surface area contributed by atoms with Gasteiger partial charge in [0.05, 0.1) is 15.5 Å². The van der Waals surface area contributed by atoms with Gasteiger partial charge in [-0.1, -0.05) is 0 Å². The Labute approximate surface area is 99.6 Å². The molecule has 0 atom stereocenters. The summed E-state index contributed by atoms with van der Waals surface area (Å²) in [6, 6.07) is 3.21. The first-order chi connectivity index (χ1) is 7.89. The zero-order valence-corrected chi connectivity index (χ0v) is 10.4. The van der Waals surface area contributed by atoms with Gasteiger partial charge in [0, 0.05) is 6.54 Å². The molecule has 2 heterocycles. The van der Waals surface area contributed by atoms with E-state index in [9.17, 15) is 13.2 Å². The molecule has 0 saturated heterocycles. The fourth-order valence-corrected chi connectivity index (χ4v) is 3.94. The van der Waals surface area contributed by atoms with Gasteiger partial charge in [0.15, 0.2) is 0 Å². The predicted octanol–water partition coefficient (Wildman–Crippen LogP) is 1.05. The van der Waals surface area contributed by atoms with E-state index in [-0.39, 0.29) is 11.4 Å². The van der Waals surface area contributed by atoms with Crippen molar-refractivity contribution in [1.82, 2.24) is 0 Å². The van der Waals surface area contributed by atoms with Crippen molar-refractivity contribution in [3.05, 3.63) is 17.7 Å². The molecule has 0 amide bonds. The monoisotopic (exact) mass is 255 g/mol. The van der Waals surface area contributed by atoms with Crippen LogP contribution >= 0.6 is 0 Å². The molecule has 3 rings (SSSR count). The van der Waals surface area contributed by atoms with Crippen LogP contribution in [0.25, 0.3) is 0 Å². The molecule has 1 aromatic rings. The minimum Gasteiger partial charge on any atom is -0.480 e. The molecule has 0 aromatic heterocycles. The Bertz CT molecular complexity index is 592. The first kappa shape index (κ1) is 11.9. The first-order valence-electron chi connectivity index (χ1n) is 5.25. The highest BCUT2D eigenvalue weighted by atomic mass is 32.2. The third kappa shape index (κ3) is 1.59. The highest BCUT2D eigenvalue weighted by Crippen LogP contribution is 2.44. The summed E-state index contributed by atoms with van der Waals surface area (Å²) >= 11 is 0. The Balaban J connectivity index is 2.49. The van der Waals surface area contributed by atoms with Gasteiger partial charge in [0.1, 0.15) is 6.54 Å². The van der Waals surface area contributed by atoms with Crippen molar-refractivity contribution < 1.29 is 18.3 Å². The second-order valence-corrected chi connectivity index (χ2v) is 5.80. The number of aliphatic carboxylic acids is 1. The average molecular weight is 255 g/mol. The molecule has 0 saturated carbocycles. The number of carbonyl (C=O) groups is 1. The zero-order valence-electron chi connectivity index (χ0n) is 9.60. The van der Waals surface area contributed by atoms with E-state index in [4.69, 9.17) is 5.11 Å². The number of hydrogen-bond donors (Lipinski definition) is 1. The van der Waals surface area contributed by atoms with Gasteiger partial charge >= 0.3 is 5.97 Å². The summed E-state index contributed by atoms with van der Waals surface area (Å²) in [7, 11) is -3.32. The molecule has 5 nitrogen and oxygen atoms in total. The number of benzene rings is 1. The van der Waals surface area contributed by atoms with Gasteiger partial charge in [-0.2, -0.15) is 0 Å². The van der Waals surface area contributed by atoms with E-state index in [1.54, 1.807) is 24.8 Å². The second-order valence-electron chi connectivity index (χ2n) is 3.95. The summed E-state index contributed by atoms with van der Waals surface area (Å²) in [5.41, 5.74) is 1.22. The summed E-state index contributed by atoms with van der Waals surface area (Å²) in [5, 5.41) is 8.79. The normalized spacial score (nSPS) is 15.2. The van der Waals surface area contributed by atoms with Crippen LogP contribution in [-0.2, 0) is 14.6 Å². The van der Waals surface area contributed by atoms with E-state index >= 15 is 0 Å². The fraction of sp³-hybridized carbons (Fsp3) is 0.364. The highest BCUT2D eigenvalue weighted by molar-refractivity contribution is 7.93. The van der Waals surface area contributed by atoms with E-state index in [0.29, 0.717) is 17.1 Å². The number of carboxylic acids is 1. The van der Waals surface area contributed by atoms with Crippen molar-refractivity contribution in [2.45, 2.75) is 23.6 Å². The van der Waals surface area contributed by atoms with E-state index < -0.39 is 15.8 Å². The molecule has 2 bridgehead atoms. The second kappa shape index (κ2) is 3.73. The number of hydrogen-bond acceptors (Lipinski definition) is 4. The molecule has 2 aliphatic rings. The van der Waals surface area contributed by atoms with Crippen LogP contribution in [0.4, 0.5) is 5.69 Å². The molecule has 0 fully saturated rings. The van der Waals surface area contributed by atoms with Gasteiger partial charge < -0.3 is 10.0 Å². The largest absolute Gasteiger partial charge is 0.480 e. The number of sulfone groups is 1. The third-order valence-electron chi connectivity index (χ3n) is 2.94. The zero-order chi connectivity index (χ0) is 12.8. The Morgan fingerprint density at radius 1 is 1.41 bits per heavy atom. The number of carboxylic acid groups (broad SMARTS) is 1. The lowest BCUT2D eigenvalue weighted by Gasteiger charge is -2.30. The van der Waals surface area contributed by atoms with E-state index in [2.05, 4.69) is 0 Å². The lowest BCUT2D eigenvalue weighted by atomic mass is 10.2. The van der Waals surface area contributed by atoms with Crippen LogP contribution in [0.15, 0.2) is 21.9 Å². The lowest BCUT2D eigenvalue weighted by Crippen LogP contribution is -2.33. The number of rotatable bonds is 4. The van der Waals surface area contributed by atoms with Crippen LogP contribution in [0.3, 0.4) is 0 Å². The van der Waals surface area contributed by atoms with Crippen molar-refractivity contribution in [2.24, 2.45) is 0 Å². The van der Waals surface area contributed by atoms with Crippen molar-refractivity contribution in [1.29, 1.82) is 0 Å². The van der Waals surface area contributed by atoms with Gasteiger partial charge in [-0.15, -0.1) is 0 Å². The Kier molecular flexibility index (Phi) is 2.61. The van der Waals surface area contributed by atoms with Crippen molar-refractivity contribution >= 4 is 21.5 Å². The van der Waals surface area contributed by atoms with Gasteiger partial charge in [0.2, 0.25) is 9.84 Å². The van der Waals surface area contributed by atoms with Crippen molar-refractivity contribution in [3.8, 4) is 0 Å². The Morgan fingerprint density at radius 2 is 2.06 bits per heavy atom. The molecule has 0 aliphatic carbocycles. The van der Waals surface area contributed by atoms with Crippen LogP contribution in [-0.4, -0.2) is 32.6 Å². The maximum absolute atomic E-state index is 11.8. The lowest BCUT2D eigenvalue weighted by molar-refractivity contribution is -0.135. The molecule has 1 N–H and O–H groups in total. The Morgan fingerprint density at radius 3 is 2.47 bits per heavy atom. The number of aryl methyl sites for hydroxylation is 1. The van der Waals surface area contributed by atoms with E-state index in [0.717, 1.165) is 5.56 Å². The van der Waals surface area contributed by atoms with Gasteiger partial charge in [-0.05, 0) is 31.5 Å². The van der Waals surface area contributed by atoms with Crippen molar-refractivity contribution in [2.75, 3.05) is 18.0 Å². The minimum absolute atomic E-state index is 0.197. The van der Waals surface area contributed by atoms with Crippen LogP contribution in [0.5, 0.6) is 0 Å². The standard InChI is InChI=1S/C11H13NO4S/c1-3-12(6-10(13)14)8-4-5-9-7(2)11(8)17(9,15)16/h4-5H,3,6H2,1-2H3,(H,13,14). The SMILES string of the molecule is CCN(CC(=O)O)c1ccc2c(C)c1S2(=O)=O. The average Bonchev–Trinajstić information content (AvgIpc) is 2.25. The van der Waals surface area contributed by atoms with Gasteiger partial charge in [-0.25, -0.2) is 8.42 Å². The molecule has 6 heteroatoms. The summed E-state index contributed by atoms with van der Waals surface area (Å²) in [4.78, 5) is 12.9. The molecular weight excluding hydrogens is 242 g/mol. The Hall–Kier alpha value is -1.56. The highest BCUT2D eigenvalue weighted by Gasteiger charge is 2.38. The van der Waals surface area contributed by atoms with Crippen LogP contribution in [0.1, 0.15) is 12.5 Å². The van der Waals surface area contributed by atoms with E-state index in [1.807, 2.05) is 0 Å². The summed E-state index contributed by atoms with van der Waals surface area (Å²) < 4.78 is 23.6. The predicted molar refractivity (Wildman–Crippen MR) is 62.2 cm³/mol. The maximum atomic E-state index is 11.8. The molecular formula is C11H13NO4S. The summed E-state index contributed by atoms with van der Waals surface area (Å²) in [5.74, 6) is -0.975. The molecule has 0 spiro atoms. The molecule has 1 aromatic carbocycles. The smallest absolute Gasteiger partial charge is 0.323 e. The molecule has 2 aliphatic heterocycles. The maximum Gasteiger partial charge on any atom is 0.323 e. The van der Waals surface area contributed by atoms with Gasteiger partial charge in [-0.3, -0.25) is 4.79 Å². The molecule has 92 valence electrons. The number of fused-ring (bicyclic) bond motifs is 2. The fourth-order valence-electron chi connectivity index (χ4n) is 2.13. The first-order valence-corrected chi connectivity index (χ1v) is 6.73. The quantitative estimate of drug-likeness (QED) is 0.884. The van der Waals surface area contributed by atoms with Crippen molar-refractivity contribution in [3.63, 3.8) is 0 Å². The number of likely N-dealkylation sites (N-methyl/N-ethyl adjacent to an activating group) is 1. The van der Waals surface area contributed by atoms with Crippen LogP contribution in [0, 0.1) is 6.92 Å². The van der Waals surface area contributed by atoms with Crippen LogP contribution in [0.2, 0.25) is 0 Å². The van der Waals surface area contributed by atoms with E-state index in [1.165, 1.54) is 6.07 Å². The summed E-state index contributed by atoms with van der Waals surface area (Å²) in [6.45, 7) is 3.79. The number of anilines is 1.